The molecule has 6 heteroatoms. The van der Waals surface area contributed by atoms with E-state index < -0.39 is 0 Å². The number of hydrogen-bond acceptors (Lipinski definition) is 3. The number of piperidine rings is 1. The van der Waals surface area contributed by atoms with Gasteiger partial charge in [0.05, 0.1) is 12.1 Å². The molecule has 126 valence electrons. The van der Waals surface area contributed by atoms with Crippen LogP contribution in [-0.4, -0.2) is 42.2 Å². The molecule has 1 fully saturated rings. The summed E-state index contributed by atoms with van der Waals surface area (Å²) in [4.78, 5) is 28.1. The van der Waals surface area contributed by atoms with E-state index in [9.17, 15) is 9.59 Å². The SMILES string of the molecule is O=C1CC(C2CCN(C(=O)N3CCCc4ccccc43)CC2)=NN1. The third-order valence-electron chi connectivity index (χ3n) is 5.24. The van der Waals surface area contributed by atoms with E-state index in [1.165, 1.54) is 5.56 Å². The summed E-state index contributed by atoms with van der Waals surface area (Å²) in [6.07, 6.45) is 4.24. The first-order valence-electron chi connectivity index (χ1n) is 8.72. The lowest BCUT2D eigenvalue weighted by atomic mass is 9.90. The van der Waals surface area contributed by atoms with Gasteiger partial charge in [0.1, 0.15) is 0 Å². The lowest BCUT2D eigenvalue weighted by Gasteiger charge is -2.37. The lowest BCUT2D eigenvalue weighted by molar-refractivity contribution is -0.119. The van der Waals surface area contributed by atoms with Crippen LogP contribution < -0.4 is 10.3 Å². The van der Waals surface area contributed by atoms with Crippen LogP contribution >= 0.6 is 0 Å². The topological polar surface area (TPSA) is 65.0 Å². The van der Waals surface area contributed by atoms with Gasteiger partial charge >= 0.3 is 6.03 Å². The molecule has 6 nitrogen and oxygen atoms in total. The fraction of sp³-hybridized carbons (Fsp3) is 0.500. The number of carbonyl (C=O) groups is 2. The molecule has 3 aliphatic heterocycles. The number of anilines is 1. The number of rotatable bonds is 1. The Morgan fingerprint density at radius 1 is 1.17 bits per heavy atom. The lowest BCUT2D eigenvalue weighted by Crippen LogP contribution is -2.49. The number of nitrogens with one attached hydrogen (secondary N) is 1. The number of aryl methyl sites for hydroxylation is 1. The first-order valence-corrected chi connectivity index (χ1v) is 8.72. The zero-order chi connectivity index (χ0) is 16.5. The van der Waals surface area contributed by atoms with Crippen LogP contribution in [0.2, 0.25) is 0 Å². The van der Waals surface area contributed by atoms with Crippen molar-refractivity contribution in [3.63, 3.8) is 0 Å². The highest BCUT2D eigenvalue weighted by Crippen LogP contribution is 2.29. The Hall–Kier alpha value is -2.37. The maximum atomic E-state index is 13.0. The molecule has 0 spiro atoms. The molecule has 24 heavy (non-hydrogen) atoms. The highest BCUT2D eigenvalue weighted by Gasteiger charge is 2.32. The largest absolute Gasteiger partial charge is 0.324 e. The van der Waals surface area contributed by atoms with Gasteiger partial charge in [-0.05, 0) is 37.3 Å². The van der Waals surface area contributed by atoms with E-state index in [-0.39, 0.29) is 11.9 Å². The number of fused-ring (bicyclic) bond motifs is 1. The number of hydrazone groups is 1. The second-order valence-corrected chi connectivity index (χ2v) is 6.74. The number of para-hydroxylation sites is 1. The van der Waals surface area contributed by atoms with Gasteiger partial charge in [-0.15, -0.1) is 0 Å². The van der Waals surface area contributed by atoms with Gasteiger partial charge in [-0.2, -0.15) is 5.10 Å². The highest BCUT2D eigenvalue weighted by molar-refractivity contribution is 6.06. The van der Waals surface area contributed by atoms with Gasteiger partial charge in [0, 0.05) is 31.2 Å². The molecule has 0 aromatic heterocycles. The summed E-state index contributed by atoms with van der Waals surface area (Å²) >= 11 is 0. The number of amides is 3. The van der Waals surface area contributed by atoms with Crippen molar-refractivity contribution < 1.29 is 9.59 Å². The fourth-order valence-corrected chi connectivity index (χ4v) is 3.92. The van der Waals surface area contributed by atoms with Gasteiger partial charge in [0.15, 0.2) is 0 Å². The van der Waals surface area contributed by atoms with Crippen molar-refractivity contribution in [2.24, 2.45) is 11.0 Å². The van der Waals surface area contributed by atoms with Crippen molar-refractivity contribution in [1.29, 1.82) is 0 Å². The van der Waals surface area contributed by atoms with Gasteiger partial charge in [-0.25, -0.2) is 10.2 Å². The maximum absolute atomic E-state index is 13.0. The number of benzene rings is 1. The van der Waals surface area contributed by atoms with Crippen molar-refractivity contribution >= 4 is 23.3 Å². The second kappa shape index (κ2) is 6.26. The van der Waals surface area contributed by atoms with E-state index in [1.54, 1.807) is 0 Å². The number of urea groups is 1. The Kier molecular flexibility index (Phi) is 3.96. The Balaban J connectivity index is 1.41. The van der Waals surface area contributed by atoms with Gasteiger partial charge in [-0.3, -0.25) is 9.69 Å². The first kappa shape index (κ1) is 15.2. The van der Waals surface area contributed by atoms with E-state index in [0.717, 1.165) is 56.7 Å². The summed E-state index contributed by atoms with van der Waals surface area (Å²) in [5.74, 6) is 0.301. The molecule has 1 N–H and O–H groups in total. The van der Waals surface area contributed by atoms with Crippen LogP contribution in [-0.2, 0) is 11.2 Å². The summed E-state index contributed by atoms with van der Waals surface area (Å²) in [5, 5.41) is 4.13. The normalized spacial score (nSPS) is 21.3. The molecular weight excluding hydrogens is 304 g/mol. The predicted molar refractivity (Wildman–Crippen MR) is 92.0 cm³/mol. The summed E-state index contributed by atoms with van der Waals surface area (Å²) < 4.78 is 0. The summed E-state index contributed by atoms with van der Waals surface area (Å²) in [6.45, 7) is 2.26. The molecule has 0 unspecified atom stereocenters. The van der Waals surface area contributed by atoms with Crippen molar-refractivity contribution in [3.05, 3.63) is 29.8 Å². The molecule has 4 rings (SSSR count). The van der Waals surface area contributed by atoms with Crippen LogP contribution in [0.15, 0.2) is 29.4 Å². The van der Waals surface area contributed by atoms with Crippen molar-refractivity contribution in [1.82, 2.24) is 10.3 Å². The zero-order valence-corrected chi connectivity index (χ0v) is 13.7. The molecule has 0 radical (unpaired) electrons. The van der Waals surface area contributed by atoms with Crippen LogP contribution in [0.5, 0.6) is 0 Å². The average molecular weight is 326 g/mol. The third-order valence-corrected chi connectivity index (χ3v) is 5.24. The summed E-state index contributed by atoms with van der Waals surface area (Å²) in [5.41, 5.74) is 5.80. The summed E-state index contributed by atoms with van der Waals surface area (Å²) in [6, 6.07) is 8.31. The number of likely N-dealkylation sites (tertiary alicyclic amines) is 1. The van der Waals surface area contributed by atoms with Gasteiger partial charge in [0.25, 0.3) is 0 Å². The van der Waals surface area contributed by atoms with Crippen LogP contribution in [0.1, 0.15) is 31.2 Å². The minimum atomic E-state index is -0.0200. The Labute approximate surface area is 141 Å². The molecule has 0 saturated carbocycles. The fourth-order valence-electron chi connectivity index (χ4n) is 3.92. The van der Waals surface area contributed by atoms with Gasteiger partial charge < -0.3 is 4.90 Å². The molecule has 0 bridgehead atoms. The molecular formula is C18H22N4O2. The number of hydrogen-bond donors (Lipinski definition) is 1. The number of nitrogens with zero attached hydrogens (tertiary/aromatic N) is 3. The molecule has 0 aliphatic carbocycles. The Morgan fingerprint density at radius 3 is 2.71 bits per heavy atom. The Bertz CT molecular complexity index is 692. The van der Waals surface area contributed by atoms with Gasteiger partial charge in [0.2, 0.25) is 5.91 Å². The second-order valence-electron chi connectivity index (χ2n) is 6.74. The van der Waals surface area contributed by atoms with Crippen molar-refractivity contribution in [2.75, 3.05) is 24.5 Å². The van der Waals surface area contributed by atoms with E-state index in [2.05, 4.69) is 16.6 Å². The van der Waals surface area contributed by atoms with Crippen molar-refractivity contribution in [2.45, 2.75) is 32.1 Å². The first-order chi connectivity index (χ1) is 11.7. The average Bonchev–Trinajstić information content (AvgIpc) is 3.07. The van der Waals surface area contributed by atoms with Crippen LogP contribution in [0.3, 0.4) is 0 Å². The molecule has 3 aliphatic rings. The standard InChI is InChI=1S/C18H22N4O2/c23-17-12-15(19-20-17)13-7-10-21(11-8-13)18(24)22-9-3-5-14-4-1-2-6-16(14)22/h1-2,4,6,13H,3,5,7-12H2,(H,20,23). The minimum Gasteiger partial charge on any atom is -0.324 e. The zero-order valence-electron chi connectivity index (χ0n) is 13.7. The molecule has 3 heterocycles. The molecule has 1 saturated heterocycles. The summed E-state index contributed by atoms with van der Waals surface area (Å²) in [7, 11) is 0. The highest BCUT2D eigenvalue weighted by atomic mass is 16.2. The van der Waals surface area contributed by atoms with Crippen LogP contribution in [0.4, 0.5) is 10.5 Å². The molecule has 1 aromatic carbocycles. The number of carbonyl (C=O) groups excluding carboxylic acids is 2. The maximum Gasteiger partial charge on any atom is 0.324 e. The van der Waals surface area contributed by atoms with Crippen molar-refractivity contribution in [3.8, 4) is 0 Å². The van der Waals surface area contributed by atoms with Gasteiger partial charge in [-0.1, -0.05) is 18.2 Å². The quantitative estimate of drug-likeness (QED) is 0.859. The minimum absolute atomic E-state index is 0.0200. The van der Waals surface area contributed by atoms with Crippen LogP contribution in [0.25, 0.3) is 0 Å². The van der Waals surface area contributed by atoms with E-state index in [4.69, 9.17) is 0 Å². The van der Waals surface area contributed by atoms with E-state index in [0.29, 0.717) is 12.3 Å². The molecule has 3 amide bonds. The molecule has 0 atom stereocenters. The molecule has 1 aromatic rings. The Morgan fingerprint density at radius 2 is 1.96 bits per heavy atom. The van der Waals surface area contributed by atoms with E-state index >= 15 is 0 Å². The van der Waals surface area contributed by atoms with E-state index in [1.807, 2.05) is 28.0 Å². The van der Waals surface area contributed by atoms with Crippen LogP contribution in [0, 0.1) is 5.92 Å². The smallest absolute Gasteiger partial charge is 0.324 e. The predicted octanol–water partition coefficient (Wildman–Crippen LogP) is 2.15. The third kappa shape index (κ3) is 2.77. The monoisotopic (exact) mass is 326 g/mol.